The quantitative estimate of drug-likeness (QED) is 0.778. The van der Waals surface area contributed by atoms with Gasteiger partial charge < -0.3 is 20.2 Å². The van der Waals surface area contributed by atoms with Gasteiger partial charge >= 0.3 is 0 Å². The summed E-state index contributed by atoms with van der Waals surface area (Å²) < 4.78 is 10.3. The van der Waals surface area contributed by atoms with Crippen molar-refractivity contribution in [2.24, 2.45) is 0 Å². The highest BCUT2D eigenvalue weighted by Crippen LogP contribution is 2.23. The first-order valence-corrected chi connectivity index (χ1v) is 5.49. The molecule has 4 heteroatoms. The minimum atomic E-state index is 0.684. The summed E-state index contributed by atoms with van der Waals surface area (Å²) in [5.74, 6) is 1.73. The molecule has 0 bridgehead atoms. The summed E-state index contributed by atoms with van der Waals surface area (Å²) >= 11 is 0. The second-order valence-electron chi connectivity index (χ2n) is 3.71. The molecule has 0 fully saturated rings. The van der Waals surface area contributed by atoms with Crippen molar-refractivity contribution in [1.82, 2.24) is 0 Å². The van der Waals surface area contributed by atoms with Crippen molar-refractivity contribution in [2.75, 3.05) is 24.7 Å². The third-order valence-corrected chi connectivity index (χ3v) is 2.53. The summed E-state index contributed by atoms with van der Waals surface area (Å²) in [6.07, 6.45) is 2.51. The Morgan fingerprint density at radius 2 is 2.24 bits per heavy atom. The average molecular weight is 232 g/mol. The van der Waals surface area contributed by atoms with Crippen LogP contribution in [0, 0.1) is 0 Å². The third-order valence-electron chi connectivity index (χ3n) is 2.53. The molecular formula is C13H16N2O2. The number of nitrogens with one attached hydrogen (secondary N) is 1. The van der Waals surface area contributed by atoms with E-state index in [-0.39, 0.29) is 0 Å². The number of hydrogen-bond acceptors (Lipinski definition) is 4. The van der Waals surface area contributed by atoms with E-state index in [1.54, 1.807) is 19.4 Å². The molecule has 0 radical (unpaired) electrons. The summed E-state index contributed by atoms with van der Waals surface area (Å²) in [5.41, 5.74) is 7.49. The first-order valence-electron chi connectivity index (χ1n) is 5.49. The van der Waals surface area contributed by atoms with Crippen molar-refractivity contribution in [3.8, 4) is 5.75 Å². The van der Waals surface area contributed by atoms with E-state index in [1.165, 1.54) is 0 Å². The zero-order valence-electron chi connectivity index (χ0n) is 9.77. The monoisotopic (exact) mass is 232 g/mol. The van der Waals surface area contributed by atoms with Crippen LogP contribution in [-0.2, 0) is 6.42 Å². The molecule has 0 amide bonds. The maximum Gasteiger partial charge on any atom is 0.121 e. The van der Waals surface area contributed by atoms with Crippen LogP contribution in [0.25, 0.3) is 0 Å². The van der Waals surface area contributed by atoms with Gasteiger partial charge in [-0.05, 0) is 24.3 Å². The smallest absolute Gasteiger partial charge is 0.121 e. The van der Waals surface area contributed by atoms with E-state index in [0.717, 1.165) is 30.2 Å². The van der Waals surface area contributed by atoms with Crippen LogP contribution in [0.4, 0.5) is 11.4 Å². The molecule has 2 rings (SSSR count). The number of ether oxygens (including phenoxy) is 1. The van der Waals surface area contributed by atoms with Crippen molar-refractivity contribution in [3.05, 3.63) is 42.4 Å². The Labute approximate surface area is 100 Å². The number of benzene rings is 1. The van der Waals surface area contributed by atoms with Crippen molar-refractivity contribution in [3.63, 3.8) is 0 Å². The molecule has 1 aromatic carbocycles. The Morgan fingerprint density at radius 3 is 2.88 bits per heavy atom. The molecule has 4 nitrogen and oxygen atoms in total. The standard InChI is InChI=1S/C13H16N2O2/c1-16-11-4-5-13(12(14)9-11)15-7-6-10-3-2-8-17-10/h2-5,8-9,15H,6-7,14H2,1H3. The molecule has 0 aliphatic carbocycles. The molecule has 0 atom stereocenters. The second kappa shape index (κ2) is 5.30. The van der Waals surface area contributed by atoms with E-state index < -0.39 is 0 Å². The Hall–Kier alpha value is -2.10. The number of nitrogen functional groups attached to an aromatic ring is 1. The maximum atomic E-state index is 5.89. The van der Waals surface area contributed by atoms with Gasteiger partial charge in [0.25, 0.3) is 0 Å². The van der Waals surface area contributed by atoms with Crippen LogP contribution in [0.1, 0.15) is 5.76 Å². The van der Waals surface area contributed by atoms with Gasteiger partial charge in [0.1, 0.15) is 11.5 Å². The van der Waals surface area contributed by atoms with Gasteiger partial charge in [0.2, 0.25) is 0 Å². The van der Waals surface area contributed by atoms with Crippen LogP contribution < -0.4 is 15.8 Å². The maximum absolute atomic E-state index is 5.89. The van der Waals surface area contributed by atoms with Crippen molar-refractivity contribution < 1.29 is 9.15 Å². The lowest BCUT2D eigenvalue weighted by Gasteiger charge is -2.09. The summed E-state index contributed by atoms with van der Waals surface area (Å²) in [5, 5.41) is 3.26. The number of nitrogens with two attached hydrogens (primary N) is 1. The molecule has 0 unspecified atom stereocenters. The lowest BCUT2D eigenvalue weighted by atomic mass is 10.2. The van der Waals surface area contributed by atoms with Crippen LogP contribution in [0.5, 0.6) is 5.75 Å². The van der Waals surface area contributed by atoms with E-state index in [0.29, 0.717) is 5.69 Å². The van der Waals surface area contributed by atoms with E-state index in [9.17, 15) is 0 Å². The molecule has 1 heterocycles. The van der Waals surface area contributed by atoms with Gasteiger partial charge in [0, 0.05) is 19.0 Å². The van der Waals surface area contributed by atoms with Crippen LogP contribution in [0.3, 0.4) is 0 Å². The number of methoxy groups -OCH3 is 1. The topological polar surface area (TPSA) is 60.4 Å². The number of anilines is 2. The molecular weight excluding hydrogens is 216 g/mol. The van der Waals surface area contributed by atoms with Crippen LogP contribution in [-0.4, -0.2) is 13.7 Å². The zero-order chi connectivity index (χ0) is 12.1. The number of furan rings is 1. The molecule has 17 heavy (non-hydrogen) atoms. The van der Waals surface area contributed by atoms with Gasteiger partial charge in [0.15, 0.2) is 0 Å². The highest BCUT2D eigenvalue weighted by Gasteiger charge is 2.01. The summed E-state index contributed by atoms with van der Waals surface area (Å²) in [6.45, 7) is 0.782. The molecule has 3 N–H and O–H groups in total. The van der Waals surface area contributed by atoms with Gasteiger partial charge in [-0.15, -0.1) is 0 Å². The fourth-order valence-corrected chi connectivity index (χ4v) is 1.60. The summed E-state index contributed by atoms with van der Waals surface area (Å²) in [4.78, 5) is 0. The molecule has 0 aliphatic heterocycles. The molecule has 0 saturated heterocycles. The lowest BCUT2D eigenvalue weighted by Crippen LogP contribution is -2.06. The fraction of sp³-hybridized carbons (Fsp3) is 0.231. The van der Waals surface area contributed by atoms with Crippen molar-refractivity contribution in [2.45, 2.75) is 6.42 Å². The fourth-order valence-electron chi connectivity index (χ4n) is 1.60. The van der Waals surface area contributed by atoms with Crippen molar-refractivity contribution in [1.29, 1.82) is 0 Å². The molecule has 1 aromatic heterocycles. The third kappa shape index (κ3) is 2.93. The normalized spacial score (nSPS) is 10.2. The second-order valence-corrected chi connectivity index (χ2v) is 3.71. The lowest BCUT2D eigenvalue weighted by molar-refractivity contribution is 0.415. The minimum absolute atomic E-state index is 0.684. The highest BCUT2D eigenvalue weighted by atomic mass is 16.5. The summed E-state index contributed by atoms with van der Waals surface area (Å²) in [6, 6.07) is 9.44. The SMILES string of the molecule is COc1ccc(NCCc2ccco2)c(N)c1. The van der Waals surface area contributed by atoms with E-state index >= 15 is 0 Å². The van der Waals surface area contributed by atoms with Crippen LogP contribution in [0.2, 0.25) is 0 Å². The van der Waals surface area contributed by atoms with E-state index in [1.807, 2.05) is 24.3 Å². The molecule has 2 aromatic rings. The van der Waals surface area contributed by atoms with Gasteiger partial charge in [-0.3, -0.25) is 0 Å². The number of hydrogen-bond donors (Lipinski definition) is 2. The van der Waals surface area contributed by atoms with Crippen LogP contribution >= 0.6 is 0 Å². The van der Waals surface area contributed by atoms with Gasteiger partial charge in [-0.1, -0.05) is 0 Å². The first-order chi connectivity index (χ1) is 8.29. The van der Waals surface area contributed by atoms with Crippen LogP contribution in [0.15, 0.2) is 41.0 Å². The van der Waals surface area contributed by atoms with Gasteiger partial charge in [-0.2, -0.15) is 0 Å². The van der Waals surface area contributed by atoms with Crippen molar-refractivity contribution >= 4 is 11.4 Å². The Morgan fingerprint density at radius 1 is 1.35 bits per heavy atom. The average Bonchev–Trinajstić information content (AvgIpc) is 2.84. The molecule has 90 valence electrons. The predicted molar refractivity (Wildman–Crippen MR) is 68.3 cm³/mol. The van der Waals surface area contributed by atoms with E-state index in [2.05, 4.69) is 5.32 Å². The zero-order valence-corrected chi connectivity index (χ0v) is 9.77. The Balaban J connectivity index is 1.90. The Bertz CT molecular complexity index is 466. The first kappa shape index (κ1) is 11.4. The van der Waals surface area contributed by atoms with E-state index in [4.69, 9.17) is 14.9 Å². The Kier molecular flexibility index (Phi) is 3.55. The summed E-state index contributed by atoms with van der Waals surface area (Å²) in [7, 11) is 1.62. The molecule has 0 spiro atoms. The van der Waals surface area contributed by atoms with Gasteiger partial charge in [-0.25, -0.2) is 0 Å². The predicted octanol–water partition coefficient (Wildman–Crippen LogP) is 2.53. The largest absolute Gasteiger partial charge is 0.497 e. The number of rotatable bonds is 5. The molecule has 0 aliphatic rings. The minimum Gasteiger partial charge on any atom is -0.497 e. The highest BCUT2D eigenvalue weighted by molar-refractivity contribution is 5.68. The molecule has 0 saturated carbocycles. The van der Waals surface area contributed by atoms with Gasteiger partial charge in [0.05, 0.1) is 24.7 Å².